The SMILES string of the molecule is CCOC(=O)Cc1nn(C(C)C2CCN(C)CC2)c2ccccc12. The largest absolute Gasteiger partial charge is 0.466 e. The smallest absolute Gasteiger partial charge is 0.311 e. The summed E-state index contributed by atoms with van der Waals surface area (Å²) in [5.41, 5.74) is 1.94. The van der Waals surface area contributed by atoms with E-state index < -0.39 is 0 Å². The van der Waals surface area contributed by atoms with Crippen molar-refractivity contribution in [1.29, 1.82) is 0 Å². The summed E-state index contributed by atoms with van der Waals surface area (Å²) >= 11 is 0. The van der Waals surface area contributed by atoms with Crippen LogP contribution in [0.2, 0.25) is 0 Å². The predicted octanol–water partition coefficient (Wildman–Crippen LogP) is 3.04. The Labute approximate surface area is 143 Å². The number of hydrogen-bond donors (Lipinski definition) is 0. The fraction of sp³-hybridized carbons (Fsp3) is 0.579. The number of benzene rings is 1. The van der Waals surface area contributed by atoms with Crippen molar-refractivity contribution in [2.45, 2.75) is 39.2 Å². The number of para-hydroxylation sites is 1. The summed E-state index contributed by atoms with van der Waals surface area (Å²) in [7, 11) is 2.18. The Morgan fingerprint density at radius 2 is 2.04 bits per heavy atom. The van der Waals surface area contributed by atoms with E-state index >= 15 is 0 Å². The first-order valence-corrected chi connectivity index (χ1v) is 8.90. The molecule has 2 heterocycles. The van der Waals surface area contributed by atoms with Crippen LogP contribution in [-0.4, -0.2) is 47.4 Å². The van der Waals surface area contributed by atoms with E-state index in [1.165, 1.54) is 12.8 Å². The summed E-state index contributed by atoms with van der Waals surface area (Å²) in [5.74, 6) is 0.416. The number of nitrogens with zero attached hydrogens (tertiary/aromatic N) is 3. The molecule has 1 aromatic heterocycles. The molecule has 1 aromatic carbocycles. The molecule has 0 saturated carbocycles. The van der Waals surface area contributed by atoms with Gasteiger partial charge in [-0.1, -0.05) is 18.2 Å². The fourth-order valence-electron chi connectivity index (χ4n) is 3.66. The molecule has 0 bridgehead atoms. The second-order valence-corrected chi connectivity index (χ2v) is 6.77. The summed E-state index contributed by atoms with van der Waals surface area (Å²) in [5, 5.41) is 5.87. The normalized spacial score (nSPS) is 18.0. The summed E-state index contributed by atoms with van der Waals surface area (Å²) in [6.45, 7) is 6.78. The van der Waals surface area contributed by atoms with Crippen molar-refractivity contribution < 1.29 is 9.53 Å². The van der Waals surface area contributed by atoms with Gasteiger partial charge >= 0.3 is 5.97 Å². The number of aromatic nitrogens is 2. The Hall–Kier alpha value is -1.88. The molecule has 5 nitrogen and oxygen atoms in total. The highest BCUT2D eigenvalue weighted by atomic mass is 16.5. The minimum atomic E-state index is -0.208. The molecule has 130 valence electrons. The van der Waals surface area contributed by atoms with Gasteiger partial charge in [0.1, 0.15) is 0 Å². The molecule has 24 heavy (non-hydrogen) atoms. The number of carbonyl (C=O) groups excluding carboxylic acids is 1. The van der Waals surface area contributed by atoms with E-state index in [9.17, 15) is 4.79 Å². The maximum Gasteiger partial charge on any atom is 0.311 e. The third-order valence-corrected chi connectivity index (χ3v) is 5.14. The van der Waals surface area contributed by atoms with Crippen LogP contribution in [0.5, 0.6) is 0 Å². The van der Waals surface area contributed by atoms with Crippen LogP contribution in [0.1, 0.15) is 38.4 Å². The molecule has 3 rings (SSSR count). The summed E-state index contributed by atoms with van der Waals surface area (Å²) in [6.07, 6.45) is 2.62. The third kappa shape index (κ3) is 3.46. The Morgan fingerprint density at radius 3 is 2.75 bits per heavy atom. The first kappa shape index (κ1) is 17.0. The van der Waals surface area contributed by atoms with E-state index in [1.807, 2.05) is 19.1 Å². The molecule has 1 unspecified atom stereocenters. The molecule has 0 amide bonds. The van der Waals surface area contributed by atoms with Gasteiger partial charge in [-0.3, -0.25) is 9.48 Å². The highest BCUT2D eigenvalue weighted by Crippen LogP contribution is 2.31. The van der Waals surface area contributed by atoms with Crippen LogP contribution in [0, 0.1) is 5.92 Å². The Kier molecular flexibility index (Phi) is 5.19. The van der Waals surface area contributed by atoms with E-state index in [0.717, 1.165) is 29.7 Å². The van der Waals surface area contributed by atoms with E-state index in [1.54, 1.807) is 0 Å². The fourth-order valence-corrected chi connectivity index (χ4v) is 3.66. The molecule has 0 spiro atoms. The van der Waals surface area contributed by atoms with Crippen LogP contribution in [0.25, 0.3) is 10.9 Å². The molecule has 0 aliphatic carbocycles. The first-order chi connectivity index (χ1) is 11.6. The number of likely N-dealkylation sites (tertiary alicyclic amines) is 1. The van der Waals surface area contributed by atoms with Gasteiger partial charge in [0.25, 0.3) is 0 Å². The lowest BCUT2D eigenvalue weighted by atomic mass is 9.90. The van der Waals surface area contributed by atoms with E-state index in [4.69, 9.17) is 9.84 Å². The van der Waals surface area contributed by atoms with Gasteiger partial charge in [0.2, 0.25) is 0 Å². The lowest BCUT2D eigenvalue weighted by Crippen LogP contribution is -2.33. The Morgan fingerprint density at radius 1 is 1.33 bits per heavy atom. The standard InChI is InChI=1S/C19H27N3O2/c1-4-24-19(23)13-17-16-7-5-6-8-18(16)22(20-17)14(2)15-9-11-21(3)12-10-15/h5-8,14-15H,4,9-13H2,1-3H3. The van der Waals surface area contributed by atoms with Gasteiger partial charge in [-0.2, -0.15) is 5.10 Å². The quantitative estimate of drug-likeness (QED) is 0.791. The van der Waals surface area contributed by atoms with Gasteiger partial charge in [-0.15, -0.1) is 0 Å². The topological polar surface area (TPSA) is 47.4 Å². The zero-order valence-corrected chi connectivity index (χ0v) is 14.9. The van der Waals surface area contributed by atoms with Crippen LogP contribution < -0.4 is 0 Å². The summed E-state index contributed by atoms with van der Waals surface area (Å²) in [6, 6.07) is 8.52. The number of hydrogen-bond acceptors (Lipinski definition) is 4. The zero-order valence-electron chi connectivity index (χ0n) is 14.9. The van der Waals surface area contributed by atoms with Crippen molar-refractivity contribution in [3.63, 3.8) is 0 Å². The van der Waals surface area contributed by atoms with Gasteiger partial charge in [-0.05, 0) is 58.8 Å². The third-order valence-electron chi connectivity index (χ3n) is 5.14. The van der Waals surface area contributed by atoms with Crippen LogP contribution in [-0.2, 0) is 16.0 Å². The van der Waals surface area contributed by atoms with Gasteiger partial charge in [0, 0.05) is 5.39 Å². The average molecular weight is 329 g/mol. The van der Waals surface area contributed by atoms with Crippen molar-refractivity contribution in [2.75, 3.05) is 26.7 Å². The van der Waals surface area contributed by atoms with Crippen LogP contribution >= 0.6 is 0 Å². The van der Waals surface area contributed by atoms with Gasteiger partial charge in [-0.25, -0.2) is 0 Å². The number of piperidine rings is 1. The Bertz CT molecular complexity index is 702. The van der Waals surface area contributed by atoms with Crippen molar-refractivity contribution in [2.24, 2.45) is 5.92 Å². The van der Waals surface area contributed by atoms with Crippen molar-refractivity contribution in [3.8, 4) is 0 Å². The number of rotatable bonds is 5. The van der Waals surface area contributed by atoms with E-state index in [2.05, 4.69) is 35.7 Å². The van der Waals surface area contributed by atoms with Crippen LogP contribution in [0.4, 0.5) is 0 Å². The van der Waals surface area contributed by atoms with Crippen molar-refractivity contribution in [1.82, 2.24) is 14.7 Å². The van der Waals surface area contributed by atoms with E-state index in [-0.39, 0.29) is 12.4 Å². The molecule has 1 saturated heterocycles. The second-order valence-electron chi connectivity index (χ2n) is 6.77. The predicted molar refractivity (Wildman–Crippen MR) is 95.0 cm³/mol. The zero-order chi connectivity index (χ0) is 17.1. The minimum absolute atomic E-state index is 0.208. The lowest BCUT2D eigenvalue weighted by molar-refractivity contribution is -0.142. The van der Waals surface area contributed by atoms with Gasteiger partial charge in [0.05, 0.1) is 30.3 Å². The molecular weight excluding hydrogens is 302 g/mol. The highest BCUT2D eigenvalue weighted by molar-refractivity contribution is 5.86. The molecule has 1 fully saturated rings. The van der Waals surface area contributed by atoms with Crippen molar-refractivity contribution >= 4 is 16.9 Å². The highest BCUT2D eigenvalue weighted by Gasteiger charge is 2.26. The molecule has 2 aromatic rings. The molecule has 5 heteroatoms. The monoisotopic (exact) mass is 329 g/mol. The Balaban J connectivity index is 1.89. The molecule has 1 aliphatic heterocycles. The first-order valence-electron chi connectivity index (χ1n) is 8.90. The van der Waals surface area contributed by atoms with E-state index in [0.29, 0.717) is 18.6 Å². The molecule has 1 atom stereocenters. The van der Waals surface area contributed by atoms with Crippen LogP contribution in [0.3, 0.4) is 0 Å². The number of ether oxygens (including phenoxy) is 1. The number of carbonyl (C=O) groups is 1. The molecule has 0 N–H and O–H groups in total. The van der Waals surface area contributed by atoms with Crippen molar-refractivity contribution in [3.05, 3.63) is 30.0 Å². The lowest BCUT2D eigenvalue weighted by Gasteiger charge is -2.33. The average Bonchev–Trinajstić information content (AvgIpc) is 2.94. The number of fused-ring (bicyclic) bond motifs is 1. The maximum absolute atomic E-state index is 11.9. The molecule has 0 radical (unpaired) electrons. The second kappa shape index (κ2) is 7.34. The molecule has 1 aliphatic rings. The maximum atomic E-state index is 11.9. The van der Waals surface area contributed by atoms with Gasteiger partial charge in [0.15, 0.2) is 0 Å². The minimum Gasteiger partial charge on any atom is -0.466 e. The summed E-state index contributed by atoms with van der Waals surface area (Å²) in [4.78, 5) is 14.3. The molecular formula is C19H27N3O2. The van der Waals surface area contributed by atoms with Crippen LogP contribution in [0.15, 0.2) is 24.3 Å². The number of esters is 1. The van der Waals surface area contributed by atoms with Gasteiger partial charge < -0.3 is 9.64 Å². The summed E-state index contributed by atoms with van der Waals surface area (Å²) < 4.78 is 7.22.